The number of allylic oxidation sites excluding steroid dienone is 3. The Morgan fingerprint density at radius 1 is 1.14 bits per heavy atom. The number of halogens is 1. The Bertz CT molecular complexity index is 2400. The second-order valence-corrected chi connectivity index (χ2v) is 16.0. The van der Waals surface area contributed by atoms with Crippen molar-refractivity contribution < 1.29 is 22.0 Å². The number of benzene rings is 2. The van der Waals surface area contributed by atoms with E-state index in [0.29, 0.717) is 48.6 Å². The summed E-state index contributed by atoms with van der Waals surface area (Å²) < 4.78 is 56.2. The maximum Gasteiger partial charge on any atom is 0.434 e. The third kappa shape index (κ3) is 4.99. The van der Waals surface area contributed by atoms with Crippen LogP contribution in [0.1, 0.15) is 65.1 Å². The third-order valence-electron chi connectivity index (χ3n) is 10.3. The first-order chi connectivity index (χ1) is 24.3. The molecule has 50 heavy (non-hydrogen) atoms. The summed E-state index contributed by atoms with van der Waals surface area (Å²) in [4.78, 5) is 18.1. The number of thiophene rings is 1. The van der Waals surface area contributed by atoms with Crippen molar-refractivity contribution in [2.24, 2.45) is 0 Å². The maximum atomic E-state index is 14.4. The third-order valence-corrected chi connectivity index (χ3v) is 13.6. The van der Waals surface area contributed by atoms with Gasteiger partial charge in [0, 0.05) is 28.9 Å². The lowest BCUT2D eigenvalue weighted by Crippen LogP contribution is -2.32. The van der Waals surface area contributed by atoms with E-state index >= 15 is 0 Å². The Balaban J connectivity index is 1.18. The van der Waals surface area contributed by atoms with Gasteiger partial charge in [0.05, 0.1) is 40.4 Å². The molecular weight excluding hydrogens is 680 g/mol. The number of ether oxygens (including phenoxy) is 1. The van der Waals surface area contributed by atoms with Gasteiger partial charge in [-0.3, -0.25) is 0 Å². The monoisotopic (exact) mass is 712 g/mol. The summed E-state index contributed by atoms with van der Waals surface area (Å²) in [5.41, 5.74) is 5.14. The first-order valence-corrected chi connectivity index (χ1v) is 18.9. The standard InChI is InChI=1S/C36H33FN6O5S2/c1-47-27-6-2-4-22-23(27)12-14-24(22)40-34-32-20(15-16-38-34)18-28(49-32)30-29(35-41-42-36(44)48-35)25(13-9-19-7-10-21(37)11-8-19)39-31-26-5-3-17-43(26)50(45,46)33(30)31/h2,4,6-8,10-11,15-16,18,24,26,30,39H,3,5,9,12-14,17H2,1H3,(H,38,40)(H,42,44)/t24-,26+,30?/m1/s1. The second kappa shape index (κ2) is 11.9. The average molecular weight is 713 g/mol. The largest absolute Gasteiger partial charge is 0.496 e. The van der Waals surface area contributed by atoms with Crippen LogP contribution in [0.2, 0.25) is 0 Å². The van der Waals surface area contributed by atoms with E-state index < -0.39 is 21.7 Å². The Labute approximate surface area is 290 Å². The van der Waals surface area contributed by atoms with Crippen molar-refractivity contribution in [2.75, 3.05) is 19.0 Å². The van der Waals surface area contributed by atoms with Crippen molar-refractivity contribution in [3.05, 3.63) is 121 Å². The average Bonchev–Trinajstić information content (AvgIpc) is 3.95. The normalized spacial score (nSPS) is 22.5. The number of nitrogens with zero attached hydrogens (tertiary/aromatic N) is 3. The first kappa shape index (κ1) is 31.2. The Hall–Kier alpha value is -4.79. The molecule has 5 aromatic rings. The lowest BCUT2D eigenvalue weighted by Gasteiger charge is -2.29. The number of hydrogen-bond acceptors (Lipinski definition) is 10. The number of methoxy groups -OCH3 is 1. The van der Waals surface area contributed by atoms with Gasteiger partial charge < -0.3 is 19.8 Å². The summed E-state index contributed by atoms with van der Waals surface area (Å²) in [6.07, 6.45) is 5.98. The van der Waals surface area contributed by atoms with E-state index in [4.69, 9.17) is 14.1 Å². The van der Waals surface area contributed by atoms with Crippen LogP contribution in [0, 0.1) is 5.82 Å². The van der Waals surface area contributed by atoms with Crippen molar-refractivity contribution in [3.63, 3.8) is 0 Å². The molecule has 9 rings (SSSR count). The minimum Gasteiger partial charge on any atom is -0.496 e. The van der Waals surface area contributed by atoms with E-state index in [2.05, 4.69) is 26.9 Å². The molecule has 3 aromatic heterocycles. The topological polar surface area (TPSA) is 142 Å². The molecule has 6 heterocycles. The van der Waals surface area contributed by atoms with Crippen LogP contribution < -0.4 is 21.1 Å². The fourth-order valence-corrected chi connectivity index (χ4v) is 11.6. The Kier molecular flexibility index (Phi) is 7.44. The summed E-state index contributed by atoms with van der Waals surface area (Å²) in [6, 6.07) is 16.1. The van der Waals surface area contributed by atoms with Crippen molar-refractivity contribution >= 4 is 42.8 Å². The molecule has 3 atom stereocenters. The van der Waals surface area contributed by atoms with Crippen molar-refractivity contribution in [1.29, 1.82) is 0 Å². The molecular formula is C36H33FN6O5S2. The first-order valence-electron chi connectivity index (χ1n) is 16.7. The number of H-pyrrole nitrogens is 1. The van der Waals surface area contributed by atoms with Crippen LogP contribution in [0.3, 0.4) is 0 Å². The van der Waals surface area contributed by atoms with Crippen LogP contribution in [-0.4, -0.2) is 47.6 Å². The number of aromatic nitrogens is 3. The Morgan fingerprint density at radius 2 is 2.00 bits per heavy atom. The molecule has 1 aliphatic carbocycles. The van der Waals surface area contributed by atoms with Crippen LogP contribution in [0.4, 0.5) is 10.2 Å². The highest BCUT2D eigenvalue weighted by Gasteiger charge is 2.54. The molecule has 14 heteroatoms. The van der Waals surface area contributed by atoms with Crippen LogP contribution in [-0.2, 0) is 22.9 Å². The summed E-state index contributed by atoms with van der Waals surface area (Å²) in [5.74, 6) is -0.228. The van der Waals surface area contributed by atoms with Crippen molar-refractivity contribution in [3.8, 4) is 5.75 Å². The quantitative estimate of drug-likeness (QED) is 0.177. The predicted octanol–water partition coefficient (Wildman–Crippen LogP) is 5.97. The highest BCUT2D eigenvalue weighted by Crippen LogP contribution is 2.54. The molecule has 1 fully saturated rings. The molecule has 256 valence electrons. The SMILES string of the molecule is COc1cccc2c1CC[C@H]2Nc1nccc2cc(C3C(c4n[nH]c(=O)o4)=C(CCc4ccc(F)cc4)NC4=C3S(=O)(=O)N3CCC[C@@H]43)sc12. The molecule has 1 saturated heterocycles. The number of dihydropyridines is 1. The van der Waals surface area contributed by atoms with Crippen molar-refractivity contribution in [2.45, 2.75) is 56.5 Å². The number of aromatic amines is 1. The van der Waals surface area contributed by atoms with Gasteiger partial charge in [-0.15, -0.1) is 16.4 Å². The summed E-state index contributed by atoms with van der Waals surface area (Å²) >= 11 is 1.48. The zero-order chi connectivity index (χ0) is 34.1. The van der Waals surface area contributed by atoms with Crippen LogP contribution in [0.15, 0.2) is 86.3 Å². The molecule has 1 unspecified atom stereocenters. The van der Waals surface area contributed by atoms with Gasteiger partial charge in [-0.1, -0.05) is 24.3 Å². The highest BCUT2D eigenvalue weighted by atomic mass is 32.2. The molecule has 0 bridgehead atoms. The summed E-state index contributed by atoms with van der Waals surface area (Å²) in [6.45, 7) is 0.435. The molecule has 2 aromatic carbocycles. The van der Waals surface area contributed by atoms with E-state index in [0.717, 1.165) is 45.5 Å². The molecule has 3 N–H and O–H groups in total. The highest BCUT2D eigenvalue weighted by molar-refractivity contribution is 7.93. The maximum absolute atomic E-state index is 14.4. The van der Waals surface area contributed by atoms with Gasteiger partial charge in [0.25, 0.3) is 0 Å². The lowest BCUT2D eigenvalue weighted by atomic mass is 9.87. The fourth-order valence-electron chi connectivity index (χ4n) is 8.07. The zero-order valence-corrected chi connectivity index (χ0v) is 28.7. The second-order valence-electron chi connectivity index (χ2n) is 13.0. The van der Waals surface area contributed by atoms with Gasteiger partial charge in [-0.2, -0.15) is 4.31 Å². The van der Waals surface area contributed by atoms with E-state index in [9.17, 15) is 17.6 Å². The predicted molar refractivity (Wildman–Crippen MR) is 188 cm³/mol. The van der Waals surface area contributed by atoms with Gasteiger partial charge in [0.1, 0.15) is 17.4 Å². The van der Waals surface area contributed by atoms with Crippen molar-refractivity contribution in [1.82, 2.24) is 24.8 Å². The van der Waals surface area contributed by atoms with Crippen LogP contribution >= 0.6 is 11.3 Å². The Morgan fingerprint density at radius 3 is 2.80 bits per heavy atom. The molecule has 0 radical (unpaired) electrons. The smallest absolute Gasteiger partial charge is 0.434 e. The number of hydrogen-bond donors (Lipinski definition) is 3. The van der Waals surface area contributed by atoms with E-state index in [1.54, 1.807) is 29.7 Å². The van der Waals surface area contributed by atoms with Gasteiger partial charge in [-0.25, -0.2) is 27.7 Å². The van der Waals surface area contributed by atoms with E-state index in [1.165, 1.54) is 34.6 Å². The van der Waals surface area contributed by atoms with Gasteiger partial charge in [-0.05, 0) is 90.9 Å². The number of nitrogens with one attached hydrogen (secondary N) is 3. The molecule has 0 amide bonds. The van der Waals surface area contributed by atoms with Crippen LogP contribution in [0.25, 0.3) is 15.7 Å². The molecule has 3 aliphatic heterocycles. The van der Waals surface area contributed by atoms with Crippen LogP contribution in [0.5, 0.6) is 5.75 Å². The van der Waals surface area contributed by atoms with Gasteiger partial charge >= 0.3 is 5.76 Å². The van der Waals surface area contributed by atoms with Gasteiger partial charge in [0.15, 0.2) is 0 Å². The number of aryl methyl sites for hydroxylation is 1. The van der Waals surface area contributed by atoms with E-state index in [-0.39, 0.29) is 28.7 Å². The molecule has 4 aliphatic rings. The lowest BCUT2D eigenvalue weighted by molar-refractivity contribution is 0.410. The zero-order valence-electron chi connectivity index (χ0n) is 27.0. The molecule has 0 saturated carbocycles. The summed E-state index contributed by atoms with van der Waals surface area (Å²) in [7, 11) is -2.19. The number of pyridine rings is 1. The summed E-state index contributed by atoms with van der Waals surface area (Å²) in [5, 5.41) is 14.7. The number of anilines is 1. The molecule has 0 spiro atoms. The minimum atomic E-state index is -3.88. The fraction of sp³-hybridized carbons (Fsp3) is 0.306. The number of sulfonamides is 1. The van der Waals surface area contributed by atoms with Gasteiger partial charge in [0.2, 0.25) is 15.9 Å². The van der Waals surface area contributed by atoms with E-state index in [1.807, 2.05) is 24.3 Å². The number of fused-ring (bicyclic) bond motifs is 4. The minimum absolute atomic E-state index is 0.0286. The molecule has 11 nitrogen and oxygen atoms in total. The number of rotatable bonds is 8.